The Labute approximate surface area is 107 Å². The Morgan fingerprint density at radius 1 is 1.17 bits per heavy atom. The normalized spacial score (nSPS) is 22.8. The Hall–Kier alpha value is -1.54. The molecule has 1 unspecified atom stereocenters. The van der Waals surface area contributed by atoms with Crippen molar-refractivity contribution in [1.82, 2.24) is 0 Å². The molecule has 2 nitrogen and oxygen atoms in total. The summed E-state index contributed by atoms with van der Waals surface area (Å²) in [6, 6.07) is 8.20. The second-order valence-electron chi connectivity index (χ2n) is 5.35. The van der Waals surface area contributed by atoms with Gasteiger partial charge in [-0.1, -0.05) is 29.3 Å². The van der Waals surface area contributed by atoms with Gasteiger partial charge in [-0.15, -0.1) is 0 Å². The van der Waals surface area contributed by atoms with Gasteiger partial charge in [0.15, 0.2) is 0 Å². The average Bonchev–Trinajstić information content (AvgIpc) is 2.77. The van der Waals surface area contributed by atoms with Crippen LogP contribution in [0.2, 0.25) is 0 Å². The Bertz CT molecular complexity index is 562. The Morgan fingerprint density at radius 2 is 1.89 bits per heavy atom. The zero-order valence-corrected chi connectivity index (χ0v) is 10.9. The highest BCUT2D eigenvalue weighted by Gasteiger charge is 2.37. The first-order valence-corrected chi connectivity index (χ1v) is 6.47. The molecule has 0 aliphatic heterocycles. The zero-order chi connectivity index (χ0) is 12.8. The highest BCUT2D eigenvalue weighted by atomic mass is 16.3. The van der Waals surface area contributed by atoms with Crippen molar-refractivity contribution in [3.05, 3.63) is 58.5 Å². The minimum Gasteiger partial charge on any atom is -0.469 e. The van der Waals surface area contributed by atoms with Gasteiger partial charge in [-0.25, -0.2) is 0 Å². The molecule has 1 atom stereocenters. The van der Waals surface area contributed by atoms with Gasteiger partial charge >= 0.3 is 0 Å². The number of benzene rings is 1. The first-order valence-electron chi connectivity index (χ1n) is 6.47. The van der Waals surface area contributed by atoms with Crippen LogP contribution in [0.25, 0.3) is 0 Å². The van der Waals surface area contributed by atoms with E-state index in [1.54, 1.807) is 6.26 Å². The summed E-state index contributed by atoms with van der Waals surface area (Å²) in [5.41, 5.74) is 3.43. The maximum atomic E-state index is 11.1. The number of hydrogen-bond donors (Lipinski definition) is 1. The third-order valence-electron chi connectivity index (χ3n) is 3.83. The molecule has 1 heterocycles. The van der Waals surface area contributed by atoms with Crippen molar-refractivity contribution < 1.29 is 9.52 Å². The Balaban J connectivity index is 2.17. The van der Waals surface area contributed by atoms with Crippen LogP contribution in [-0.2, 0) is 12.0 Å². The molecular formula is C16H18O2. The minimum atomic E-state index is -0.878. The van der Waals surface area contributed by atoms with Crippen molar-refractivity contribution >= 4 is 0 Å². The fourth-order valence-electron chi connectivity index (χ4n) is 3.06. The summed E-state index contributed by atoms with van der Waals surface area (Å²) in [6.07, 6.45) is 4.34. The van der Waals surface area contributed by atoms with Gasteiger partial charge in [0, 0.05) is 12.0 Å². The van der Waals surface area contributed by atoms with Crippen molar-refractivity contribution in [2.45, 2.75) is 38.7 Å². The van der Waals surface area contributed by atoms with Crippen molar-refractivity contribution in [2.75, 3.05) is 0 Å². The fraction of sp³-hybridized carbons (Fsp3) is 0.375. The number of furan rings is 1. The van der Waals surface area contributed by atoms with E-state index >= 15 is 0 Å². The van der Waals surface area contributed by atoms with Crippen LogP contribution in [0, 0.1) is 13.8 Å². The fourth-order valence-corrected chi connectivity index (χ4v) is 3.06. The topological polar surface area (TPSA) is 33.4 Å². The van der Waals surface area contributed by atoms with Crippen LogP contribution in [0.1, 0.15) is 40.9 Å². The molecule has 0 spiro atoms. The molecule has 0 bridgehead atoms. The van der Waals surface area contributed by atoms with Crippen LogP contribution < -0.4 is 0 Å². The second-order valence-corrected chi connectivity index (χ2v) is 5.35. The highest BCUT2D eigenvalue weighted by Crippen LogP contribution is 2.41. The van der Waals surface area contributed by atoms with E-state index in [1.165, 1.54) is 11.1 Å². The number of aryl methyl sites for hydroxylation is 3. The van der Waals surface area contributed by atoms with E-state index in [2.05, 4.69) is 32.0 Å². The molecule has 0 saturated carbocycles. The lowest BCUT2D eigenvalue weighted by atomic mass is 9.77. The molecule has 0 saturated heterocycles. The maximum Gasteiger partial charge on any atom is 0.118 e. The van der Waals surface area contributed by atoms with E-state index in [4.69, 9.17) is 4.42 Å². The van der Waals surface area contributed by atoms with E-state index in [0.717, 1.165) is 36.1 Å². The van der Waals surface area contributed by atoms with Crippen LogP contribution in [0.15, 0.2) is 34.9 Å². The van der Waals surface area contributed by atoms with Crippen molar-refractivity contribution in [2.24, 2.45) is 0 Å². The van der Waals surface area contributed by atoms with Gasteiger partial charge < -0.3 is 9.52 Å². The molecule has 0 amide bonds. The predicted octanol–water partition coefficient (Wildman–Crippen LogP) is 3.47. The molecule has 1 aliphatic rings. The summed E-state index contributed by atoms with van der Waals surface area (Å²) in [5, 5.41) is 11.1. The maximum absolute atomic E-state index is 11.1. The van der Waals surface area contributed by atoms with E-state index in [-0.39, 0.29) is 0 Å². The van der Waals surface area contributed by atoms with Gasteiger partial charge in [0.2, 0.25) is 0 Å². The first-order chi connectivity index (χ1) is 8.59. The molecule has 1 aliphatic carbocycles. The third-order valence-corrected chi connectivity index (χ3v) is 3.83. The second kappa shape index (κ2) is 3.99. The molecule has 1 N–H and O–H groups in total. The zero-order valence-electron chi connectivity index (χ0n) is 10.9. The summed E-state index contributed by atoms with van der Waals surface area (Å²) in [4.78, 5) is 0. The summed E-state index contributed by atoms with van der Waals surface area (Å²) in [7, 11) is 0. The lowest BCUT2D eigenvalue weighted by Gasteiger charge is -2.32. The van der Waals surface area contributed by atoms with Crippen molar-refractivity contribution in [3.63, 3.8) is 0 Å². The quantitative estimate of drug-likeness (QED) is 0.830. The Morgan fingerprint density at radius 3 is 2.61 bits per heavy atom. The summed E-state index contributed by atoms with van der Waals surface area (Å²) in [5.74, 6) is 0.933. The predicted molar refractivity (Wildman–Crippen MR) is 70.6 cm³/mol. The van der Waals surface area contributed by atoms with E-state index in [9.17, 15) is 5.11 Å². The molecule has 0 fully saturated rings. The van der Waals surface area contributed by atoms with Crippen LogP contribution in [0.3, 0.4) is 0 Å². The molecule has 94 valence electrons. The van der Waals surface area contributed by atoms with E-state index < -0.39 is 5.60 Å². The summed E-state index contributed by atoms with van der Waals surface area (Å²) >= 11 is 0. The van der Waals surface area contributed by atoms with Gasteiger partial charge in [0.05, 0.1) is 6.26 Å². The van der Waals surface area contributed by atoms with E-state index in [1.807, 2.05) is 6.07 Å². The number of aliphatic hydroxyl groups is 1. The number of rotatable bonds is 1. The smallest absolute Gasteiger partial charge is 0.118 e. The number of hydrogen-bond acceptors (Lipinski definition) is 2. The van der Waals surface area contributed by atoms with Crippen molar-refractivity contribution in [3.8, 4) is 0 Å². The summed E-state index contributed by atoms with van der Waals surface area (Å²) < 4.78 is 5.47. The molecule has 18 heavy (non-hydrogen) atoms. The monoisotopic (exact) mass is 242 g/mol. The van der Waals surface area contributed by atoms with Crippen LogP contribution >= 0.6 is 0 Å². The first kappa shape index (κ1) is 11.5. The third kappa shape index (κ3) is 1.68. The average molecular weight is 242 g/mol. The van der Waals surface area contributed by atoms with Crippen LogP contribution in [-0.4, -0.2) is 5.11 Å². The standard InChI is InChI=1S/C16H18O2/c1-11-8-12(2)10-13(9-11)16(17)6-3-4-15-14(16)5-7-18-15/h5,7-10,17H,3-4,6H2,1-2H3. The van der Waals surface area contributed by atoms with Crippen LogP contribution in [0.5, 0.6) is 0 Å². The van der Waals surface area contributed by atoms with Crippen molar-refractivity contribution in [1.29, 1.82) is 0 Å². The van der Waals surface area contributed by atoms with Gasteiger partial charge in [-0.2, -0.15) is 0 Å². The van der Waals surface area contributed by atoms with Gasteiger partial charge in [0.25, 0.3) is 0 Å². The largest absolute Gasteiger partial charge is 0.469 e. The van der Waals surface area contributed by atoms with E-state index in [0.29, 0.717) is 0 Å². The lowest BCUT2D eigenvalue weighted by Crippen LogP contribution is -2.31. The number of fused-ring (bicyclic) bond motifs is 1. The lowest BCUT2D eigenvalue weighted by molar-refractivity contribution is 0.0588. The molecule has 2 heteroatoms. The minimum absolute atomic E-state index is 0.766. The molecule has 2 aromatic rings. The van der Waals surface area contributed by atoms with Gasteiger partial charge in [0.1, 0.15) is 11.4 Å². The van der Waals surface area contributed by atoms with Crippen LogP contribution in [0.4, 0.5) is 0 Å². The van der Waals surface area contributed by atoms with Gasteiger partial charge in [-0.3, -0.25) is 0 Å². The van der Waals surface area contributed by atoms with Gasteiger partial charge in [-0.05, 0) is 38.3 Å². The SMILES string of the molecule is Cc1cc(C)cc(C2(O)CCCc3occc32)c1. The Kier molecular flexibility index (Phi) is 2.56. The molecule has 0 radical (unpaired) electrons. The highest BCUT2D eigenvalue weighted by molar-refractivity contribution is 5.42. The molecule has 3 rings (SSSR count). The molecule has 1 aromatic carbocycles. The molecule has 1 aromatic heterocycles. The molecular weight excluding hydrogens is 224 g/mol. The summed E-state index contributed by atoms with van der Waals surface area (Å²) in [6.45, 7) is 4.14.